The minimum Gasteiger partial charge on any atom is -0.462 e. The van der Waals surface area contributed by atoms with Gasteiger partial charge in [-0.1, -0.05) is 32.9 Å². The number of amides is 3. The predicted molar refractivity (Wildman–Crippen MR) is 141 cm³/mol. The summed E-state index contributed by atoms with van der Waals surface area (Å²) in [5, 5.41) is 3.09. The van der Waals surface area contributed by atoms with Crippen molar-refractivity contribution in [2.75, 3.05) is 18.5 Å². The van der Waals surface area contributed by atoms with Crippen LogP contribution in [0, 0.1) is 11.8 Å². The lowest BCUT2D eigenvalue weighted by atomic mass is 9.88. The molecule has 1 aliphatic heterocycles. The monoisotopic (exact) mass is 540 g/mol. The van der Waals surface area contributed by atoms with Gasteiger partial charge in [0.1, 0.15) is 11.0 Å². The van der Waals surface area contributed by atoms with Crippen molar-refractivity contribution in [3.63, 3.8) is 0 Å². The van der Waals surface area contributed by atoms with Crippen LogP contribution in [0.5, 0.6) is 0 Å². The van der Waals surface area contributed by atoms with E-state index in [1.165, 1.54) is 11.3 Å². The van der Waals surface area contributed by atoms with Crippen LogP contribution in [0.3, 0.4) is 0 Å². The van der Waals surface area contributed by atoms with E-state index in [9.17, 15) is 24.0 Å². The molecule has 0 saturated carbocycles. The van der Waals surface area contributed by atoms with E-state index in [1.54, 1.807) is 31.2 Å². The van der Waals surface area contributed by atoms with Gasteiger partial charge in [0.2, 0.25) is 0 Å². The molecule has 4 rings (SSSR count). The van der Waals surface area contributed by atoms with Crippen molar-refractivity contribution in [2.45, 2.75) is 59.4 Å². The third-order valence-corrected chi connectivity index (χ3v) is 7.86. The smallest absolute Gasteiger partial charge is 0.341 e. The lowest BCUT2D eigenvalue weighted by Crippen LogP contribution is -2.46. The predicted octanol–water partition coefficient (Wildman–Crippen LogP) is 4.24. The number of nitrogens with zero attached hydrogens (tertiary/aromatic N) is 1. The van der Waals surface area contributed by atoms with Crippen molar-refractivity contribution in [1.29, 1.82) is 0 Å². The third-order valence-electron chi connectivity index (χ3n) is 6.69. The van der Waals surface area contributed by atoms with Gasteiger partial charge in [0.15, 0.2) is 6.61 Å². The molecule has 0 spiro atoms. The van der Waals surface area contributed by atoms with Gasteiger partial charge in [0.05, 0.1) is 23.3 Å². The molecular weight excluding hydrogens is 508 g/mol. The molecule has 10 heteroatoms. The summed E-state index contributed by atoms with van der Waals surface area (Å²) in [5.41, 5.74) is 1.74. The van der Waals surface area contributed by atoms with Crippen molar-refractivity contribution in [3.8, 4) is 0 Å². The number of hydrogen-bond donors (Lipinski definition) is 1. The topological polar surface area (TPSA) is 119 Å². The number of esters is 2. The van der Waals surface area contributed by atoms with Gasteiger partial charge in [0.25, 0.3) is 17.7 Å². The molecule has 2 aromatic rings. The average molecular weight is 541 g/mol. The van der Waals surface area contributed by atoms with Crippen LogP contribution >= 0.6 is 11.3 Å². The Kier molecular flexibility index (Phi) is 8.30. The first-order valence-electron chi connectivity index (χ1n) is 12.9. The third kappa shape index (κ3) is 5.50. The fourth-order valence-electron chi connectivity index (χ4n) is 4.90. The molecule has 0 unspecified atom stereocenters. The number of fused-ring (bicyclic) bond motifs is 2. The highest BCUT2D eigenvalue weighted by Gasteiger charge is 2.43. The molecule has 9 nitrogen and oxygen atoms in total. The molecule has 0 saturated heterocycles. The molecule has 2 atom stereocenters. The van der Waals surface area contributed by atoms with E-state index in [0.29, 0.717) is 16.5 Å². The van der Waals surface area contributed by atoms with Crippen molar-refractivity contribution >= 4 is 46.0 Å². The number of ether oxygens (including phenoxy) is 2. The summed E-state index contributed by atoms with van der Waals surface area (Å²) in [6.07, 6.45) is 2.67. The van der Waals surface area contributed by atoms with Crippen LogP contribution in [0.1, 0.15) is 82.1 Å². The zero-order valence-corrected chi connectivity index (χ0v) is 22.8. The maximum absolute atomic E-state index is 13.1. The Labute approximate surface area is 225 Å². The van der Waals surface area contributed by atoms with Gasteiger partial charge in [-0.3, -0.25) is 19.3 Å². The fraction of sp³-hybridized carbons (Fsp3) is 0.464. The van der Waals surface area contributed by atoms with Gasteiger partial charge in [-0.15, -0.1) is 11.3 Å². The number of hydrogen-bond acceptors (Lipinski definition) is 8. The van der Waals surface area contributed by atoms with Crippen LogP contribution in [0.25, 0.3) is 0 Å². The molecule has 1 aromatic heterocycles. The van der Waals surface area contributed by atoms with E-state index in [0.717, 1.165) is 34.6 Å². The van der Waals surface area contributed by atoms with Crippen molar-refractivity contribution in [2.24, 2.45) is 11.8 Å². The first kappa shape index (κ1) is 27.5. The molecule has 38 heavy (non-hydrogen) atoms. The minimum absolute atomic E-state index is 0.0299. The van der Waals surface area contributed by atoms with Crippen molar-refractivity contribution in [3.05, 3.63) is 51.4 Å². The summed E-state index contributed by atoms with van der Waals surface area (Å²) in [5.74, 6) is -2.63. The Morgan fingerprint density at radius 3 is 2.37 bits per heavy atom. The number of carbonyl (C=O) groups is 5. The van der Waals surface area contributed by atoms with Gasteiger partial charge < -0.3 is 14.8 Å². The van der Waals surface area contributed by atoms with Crippen LogP contribution in [-0.2, 0) is 31.9 Å². The van der Waals surface area contributed by atoms with E-state index in [4.69, 9.17) is 9.47 Å². The molecule has 0 radical (unpaired) electrons. The van der Waals surface area contributed by atoms with E-state index in [-0.39, 0.29) is 30.1 Å². The van der Waals surface area contributed by atoms with Gasteiger partial charge in [0, 0.05) is 4.88 Å². The molecule has 1 N–H and O–H groups in total. The number of anilines is 1. The number of carbonyl (C=O) groups excluding carboxylic acids is 5. The van der Waals surface area contributed by atoms with Gasteiger partial charge in [-0.2, -0.15) is 0 Å². The van der Waals surface area contributed by atoms with Crippen LogP contribution in [0.4, 0.5) is 5.00 Å². The number of benzene rings is 1. The second kappa shape index (κ2) is 11.5. The first-order valence-corrected chi connectivity index (χ1v) is 13.7. The maximum Gasteiger partial charge on any atom is 0.341 e. The Morgan fingerprint density at radius 2 is 1.76 bits per heavy atom. The van der Waals surface area contributed by atoms with Crippen molar-refractivity contribution < 1.29 is 33.4 Å². The van der Waals surface area contributed by atoms with Crippen molar-refractivity contribution in [1.82, 2.24) is 4.90 Å². The highest BCUT2D eigenvalue weighted by atomic mass is 32.1. The zero-order chi connectivity index (χ0) is 27.6. The zero-order valence-electron chi connectivity index (χ0n) is 22.0. The highest BCUT2D eigenvalue weighted by Crippen LogP contribution is 2.40. The molecular formula is C28H32N2O7S. The quantitative estimate of drug-likeness (QED) is 0.373. The Bertz CT molecular complexity index is 1250. The Balaban J connectivity index is 1.47. The normalized spacial score (nSPS) is 17.2. The molecule has 1 aliphatic carbocycles. The second-order valence-corrected chi connectivity index (χ2v) is 11.2. The summed E-state index contributed by atoms with van der Waals surface area (Å²) in [6, 6.07) is 5.23. The summed E-state index contributed by atoms with van der Waals surface area (Å²) in [4.78, 5) is 66.5. The number of nitrogens with one attached hydrogen (secondary N) is 1. The van der Waals surface area contributed by atoms with Crippen LogP contribution in [-0.4, -0.2) is 53.8 Å². The van der Waals surface area contributed by atoms with E-state index in [1.807, 2.05) is 13.8 Å². The van der Waals surface area contributed by atoms with E-state index < -0.39 is 42.3 Å². The summed E-state index contributed by atoms with van der Waals surface area (Å²) in [6.45, 7) is 7.17. The van der Waals surface area contributed by atoms with E-state index >= 15 is 0 Å². The number of thiophene rings is 1. The lowest BCUT2D eigenvalue weighted by molar-refractivity contribution is -0.151. The summed E-state index contributed by atoms with van der Waals surface area (Å²) >= 11 is 1.34. The van der Waals surface area contributed by atoms with Gasteiger partial charge in [-0.05, 0) is 62.1 Å². The Hall–Kier alpha value is -3.53. The lowest BCUT2D eigenvalue weighted by Gasteiger charge is -2.25. The molecule has 2 aliphatic rings. The summed E-state index contributed by atoms with van der Waals surface area (Å²) < 4.78 is 10.5. The largest absolute Gasteiger partial charge is 0.462 e. The van der Waals surface area contributed by atoms with Crippen LogP contribution in [0.15, 0.2) is 24.3 Å². The molecule has 3 amide bonds. The molecule has 2 heterocycles. The average Bonchev–Trinajstić information content (AvgIpc) is 3.34. The Morgan fingerprint density at radius 1 is 1.11 bits per heavy atom. The maximum atomic E-state index is 13.1. The number of rotatable bonds is 9. The molecule has 0 bridgehead atoms. The van der Waals surface area contributed by atoms with Crippen LogP contribution < -0.4 is 5.32 Å². The van der Waals surface area contributed by atoms with E-state index in [2.05, 4.69) is 12.2 Å². The molecule has 0 fully saturated rings. The fourth-order valence-corrected chi connectivity index (χ4v) is 6.31. The van der Waals surface area contributed by atoms with Gasteiger partial charge in [-0.25, -0.2) is 9.59 Å². The highest BCUT2D eigenvalue weighted by molar-refractivity contribution is 7.17. The standard InChI is InChI=1S/C28H32N2O7S/c1-5-36-28(35)23-19-11-10-16(4)13-21(19)38-24(23)29-22(31)14-37-27(34)20(12-15(2)3)30-25(32)17-8-6-7-9-18(17)26(30)33/h6-9,15-16,20H,5,10-14H2,1-4H3,(H,29,31)/t16-,20+/m0/s1. The summed E-state index contributed by atoms with van der Waals surface area (Å²) in [7, 11) is 0. The second-order valence-electron chi connectivity index (χ2n) is 10.1. The minimum atomic E-state index is -1.17. The number of imide groups is 1. The first-order chi connectivity index (χ1) is 18.1. The SMILES string of the molecule is CCOC(=O)c1c(NC(=O)COC(=O)[C@@H](CC(C)C)N2C(=O)c3ccccc3C2=O)sc2c1CC[C@H](C)C2. The van der Waals surface area contributed by atoms with Gasteiger partial charge >= 0.3 is 11.9 Å². The molecule has 202 valence electrons. The van der Waals surface area contributed by atoms with Crippen LogP contribution in [0.2, 0.25) is 0 Å². The molecule has 1 aromatic carbocycles.